The molecule has 3 heteroatoms. The predicted molar refractivity (Wildman–Crippen MR) is 232 cm³/mol. The van der Waals surface area contributed by atoms with E-state index in [1.165, 1.54) is 66.8 Å². The highest BCUT2D eigenvalue weighted by Gasteiger charge is 2.37. The van der Waals surface area contributed by atoms with E-state index in [0.717, 1.165) is 33.3 Å². The third-order valence-electron chi connectivity index (χ3n) is 12.5. The number of nitrogens with zero attached hydrogens (tertiary/aromatic N) is 3. The quantitative estimate of drug-likeness (QED) is 0.170. The zero-order valence-corrected chi connectivity index (χ0v) is 31.9. The standard InChI is InChI=1S/C53H39N3/c1-52(2)44-28-34(32-11-7-5-8-12-32)15-21-40(44)42-23-17-36(30-46(42)52)48-25-19-38-27-39-20-26-49(55-51(39)56-50(38)54-48)37-18-24-43-41-22-16-35(33-13-9-6-10-14-33)29-45(41)53(3,4)47(43)31-37/h5-31H,1-4H3. The fourth-order valence-corrected chi connectivity index (χ4v) is 9.33. The van der Waals surface area contributed by atoms with Gasteiger partial charge in [-0.2, -0.15) is 0 Å². The number of hydrogen-bond acceptors (Lipinski definition) is 3. The highest BCUT2D eigenvalue weighted by Crippen LogP contribution is 2.52. The summed E-state index contributed by atoms with van der Waals surface area (Å²) in [6.45, 7) is 9.35. The molecule has 0 N–H and O–H groups in total. The molecule has 0 saturated carbocycles. The van der Waals surface area contributed by atoms with Crippen molar-refractivity contribution in [1.29, 1.82) is 0 Å². The second kappa shape index (κ2) is 11.9. The van der Waals surface area contributed by atoms with Gasteiger partial charge in [-0.25, -0.2) is 15.0 Å². The molecule has 3 aromatic heterocycles. The lowest BCUT2D eigenvalue weighted by atomic mass is 9.81. The summed E-state index contributed by atoms with van der Waals surface area (Å²) in [6.07, 6.45) is 0. The number of hydrogen-bond donors (Lipinski definition) is 0. The molecule has 0 bridgehead atoms. The van der Waals surface area contributed by atoms with Crippen LogP contribution in [0.15, 0.2) is 164 Å². The SMILES string of the molecule is CC1(C)c2cc(-c3ccccc3)ccc2-c2ccc(-c3ccc4cc5ccc(-c6ccc7c(c6)C(C)(C)c6cc(-c8ccccc8)ccc6-7)nc5nc4n3)cc21. The van der Waals surface area contributed by atoms with E-state index in [1.54, 1.807) is 0 Å². The molecule has 0 spiro atoms. The third-order valence-corrected chi connectivity index (χ3v) is 12.5. The molecule has 11 rings (SSSR count). The second-order valence-corrected chi connectivity index (χ2v) is 16.5. The fourth-order valence-electron chi connectivity index (χ4n) is 9.33. The fraction of sp³-hybridized carbons (Fsp3) is 0.113. The Bertz CT molecular complexity index is 2860. The van der Waals surface area contributed by atoms with Gasteiger partial charge in [0.25, 0.3) is 0 Å². The first-order valence-corrected chi connectivity index (χ1v) is 19.5. The summed E-state index contributed by atoms with van der Waals surface area (Å²) < 4.78 is 0. The largest absolute Gasteiger partial charge is 0.228 e. The summed E-state index contributed by atoms with van der Waals surface area (Å²) in [6, 6.07) is 59.4. The molecular weight excluding hydrogens is 679 g/mol. The minimum Gasteiger partial charge on any atom is -0.228 e. The van der Waals surface area contributed by atoms with Crippen molar-refractivity contribution in [2.45, 2.75) is 38.5 Å². The van der Waals surface area contributed by atoms with E-state index in [1.807, 2.05) is 0 Å². The van der Waals surface area contributed by atoms with E-state index in [9.17, 15) is 0 Å². The Labute approximate surface area is 327 Å². The highest BCUT2D eigenvalue weighted by atomic mass is 14.9. The molecule has 2 aliphatic rings. The van der Waals surface area contributed by atoms with E-state index >= 15 is 0 Å². The molecule has 0 fully saturated rings. The van der Waals surface area contributed by atoms with Crippen molar-refractivity contribution >= 4 is 22.1 Å². The minimum absolute atomic E-state index is 0.141. The Morgan fingerprint density at radius 2 is 0.661 bits per heavy atom. The van der Waals surface area contributed by atoms with Gasteiger partial charge in [-0.05, 0) is 121 Å². The topological polar surface area (TPSA) is 38.7 Å². The van der Waals surface area contributed by atoms with Gasteiger partial charge >= 0.3 is 0 Å². The van der Waals surface area contributed by atoms with Gasteiger partial charge in [-0.3, -0.25) is 0 Å². The lowest BCUT2D eigenvalue weighted by Gasteiger charge is -2.22. The Morgan fingerprint density at radius 3 is 1.05 bits per heavy atom. The van der Waals surface area contributed by atoms with Crippen LogP contribution in [-0.4, -0.2) is 15.0 Å². The van der Waals surface area contributed by atoms with Gasteiger partial charge in [-0.1, -0.05) is 137 Å². The molecular formula is C53H39N3. The lowest BCUT2D eigenvalue weighted by Crippen LogP contribution is -2.15. The molecule has 0 saturated heterocycles. The van der Waals surface area contributed by atoms with Crippen molar-refractivity contribution < 1.29 is 0 Å². The van der Waals surface area contributed by atoms with Gasteiger partial charge in [0.1, 0.15) is 0 Å². The van der Waals surface area contributed by atoms with Crippen LogP contribution in [0.25, 0.3) is 89.1 Å². The van der Waals surface area contributed by atoms with Gasteiger partial charge in [0.05, 0.1) is 11.4 Å². The Hall–Kier alpha value is -6.71. The van der Waals surface area contributed by atoms with Crippen LogP contribution in [0.1, 0.15) is 49.9 Å². The molecule has 0 atom stereocenters. The first-order valence-electron chi connectivity index (χ1n) is 19.5. The van der Waals surface area contributed by atoms with E-state index in [0.29, 0.717) is 11.3 Å². The van der Waals surface area contributed by atoms with Crippen LogP contribution in [0, 0.1) is 0 Å². The van der Waals surface area contributed by atoms with Crippen molar-refractivity contribution in [2.24, 2.45) is 0 Å². The molecule has 0 aliphatic heterocycles. The summed E-state index contributed by atoms with van der Waals surface area (Å²) in [4.78, 5) is 15.4. The minimum atomic E-state index is -0.141. The van der Waals surface area contributed by atoms with Crippen LogP contribution in [-0.2, 0) is 10.8 Å². The summed E-state index contributed by atoms with van der Waals surface area (Å²) in [7, 11) is 0. The monoisotopic (exact) mass is 717 g/mol. The van der Waals surface area contributed by atoms with E-state index in [4.69, 9.17) is 15.0 Å². The summed E-state index contributed by atoms with van der Waals surface area (Å²) in [5, 5.41) is 2.01. The molecule has 9 aromatic rings. The van der Waals surface area contributed by atoms with Crippen molar-refractivity contribution in [2.75, 3.05) is 0 Å². The Balaban J connectivity index is 0.928. The number of aromatic nitrogens is 3. The first-order chi connectivity index (χ1) is 27.2. The molecule has 6 aromatic carbocycles. The highest BCUT2D eigenvalue weighted by molar-refractivity contribution is 5.92. The molecule has 0 unspecified atom stereocenters. The van der Waals surface area contributed by atoms with Gasteiger partial charge in [0.2, 0.25) is 0 Å². The number of rotatable bonds is 4. The first kappa shape index (κ1) is 32.7. The predicted octanol–water partition coefficient (Wildman–Crippen LogP) is 13.5. The summed E-state index contributed by atoms with van der Waals surface area (Å²) in [5.41, 5.74) is 20.7. The van der Waals surface area contributed by atoms with Crippen LogP contribution < -0.4 is 0 Å². The zero-order chi connectivity index (χ0) is 37.8. The average Bonchev–Trinajstić information content (AvgIpc) is 3.61. The smallest absolute Gasteiger partial charge is 0.162 e. The van der Waals surface area contributed by atoms with E-state index < -0.39 is 0 Å². The van der Waals surface area contributed by atoms with Gasteiger partial charge in [-0.15, -0.1) is 0 Å². The van der Waals surface area contributed by atoms with E-state index in [2.05, 4.69) is 191 Å². The van der Waals surface area contributed by atoms with Gasteiger partial charge < -0.3 is 0 Å². The molecule has 56 heavy (non-hydrogen) atoms. The lowest BCUT2D eigenvalue weighted by molar-refractivity contribution is 0.660. The maximum absolute atomic E-state index is 5.14. The molecule has 3 nitrogen and oxygen atoms in total. The van der Waals surface area contributed by atoms with Gasteiger partial charge in [0.15, 0.2) is 11.3 Å². The third kappa shape index (κ3) is 4.94. The summed E-state index contributed by atoms with van der Waals surface area (Å²) in [5.74, 6) is 0. The molecule has 2 aliphatic carbocycles. The van der Waals surface area contributed by atoms with Crippen LogP contribution in [0.3, 0.4) is 0 Å². The van der Waals surface area contributed by atoms with Crippen LogP contribution >= 0.6 is 0 Å². The number of benzene rings is 6. The van der Waals surface area contributed by atoms with Crippen molar-refractivity contribution in [1.82, 2.24) is 15.0 Å². The Morgan fingerprint density at radius 1 is 0.304 bits per heavy atom. The molecule has 0 amide bonds. The van der Waals surface area contributed by atoms with E-state index in [-0.39, 0.29) is 10.8 Å². The number of pyridine rings is 3. The average molecular weight is 718 g/mol. The molecule has 266 valence electrons. The van der Waals surface area contributed by atoms with Crippen LogP contribution in [0.2, 0.25) is 0 Å². The zero-order valence-electron chi connectivity index (χ0n) is 31.9. The summed E-state index contributed by atoms with van der Waals surface area (Å²) >= 11 is 0. The van der Waals surface area contributed by atoms with Crippen LogP contribution in [0.5, 0.6) is 0 Å². The van der Waals surface area contributed by atoms with Crippen molar-refractivity contribution in [3.63, 3.8) is 0 Å². The Kier molecular flexibility index (Phi) is 6.94. The maximum Gasteiger partial charge on any atom is 0.162 e. The van der Waals surface area contributed by atoms with Crippen LogP contribution in [0.4, 0.5) is 0 Å². The molecule has 3 heterocycles. The molecule has 0 radical (unpaired) electrons. The van der Waals surface area contributed by atoms with Gasteiger partial charge in [0, 0.05) is 32.7 Å². The maximum atomic E-state index is 5.14. The second-order valence-electron chi connectivity index (χ2n) is 16.5. The van der Waals surface area contributed by atoms with Crippen molar-refractivity contribution in [3.05, 3.63) is 186 Å². The number of fused-ring (bicyclic) bond motifs is 8. The normalized spacial score (nSPS) is 14.4. The van der Waals surface area contributed by atoms with Crippen molar-refractivity contribution in [3.8, 4) is 67.0 Å².